The quantitative estimate of drug-likeness (QED) is 0.812. The zero-order chi connectivity index (χ0) is 18.1. The third-order valence-corrected chi connectivity index (χ3v) is 6.60. The number of nitrogens with zero attached hydrogens (tertiary/aromatic N) is 5. The molecule has 2 aromatic rings. The zero-order valence-electron chi connectivity index (χ0n) is 15.4. The van der Waals surface area contributed by atoms with Gasteiger partial charge in [0.05, 0.1) is 10.7 Å². The highest BCUT2D eigenvalue weighted by Gasteiger charge is 2.41. The first-order valence-electron chi connectivity index (χ1n) is 9.32. The molecule has 4 heterocycles. The molecular weight excluding hydrogens is 346 g/mol. The fourth-order valence-electron chi connectivity index (χ4n) is 4.42. The molecule has 2 aromatic heterocycles. The minimum absolute atomic E-state index is 0.152. The summed E-state index contributed by atoms with van der Waals surface area (Å²) in [5.74, 6) is 0.962. The molecule has 0 saturated carbocycles. The number of amides is 1. The van der Waals surface area contributed by atoms with Crippen molar-refractivity contribution in [1.82, 2.24) is 19.9 Å². The van der Waals surface area contributed by atoms with Crippen LogP contribution in [0.2, 0.25) is 0 Å². The van der Waals surface area contributed by atoms with E-state index in [1.54, 1.807) is 12.4 Å². The molecule has 2 saturated heterocycles. The van der Waals surface area contributed by atoms with Gasteiger partial charge in [-0.05, 0) is 45.6 Å². The van der Waals surface area contributed by atoms with E-state index < -0.39 is 0 Å². The lowest BCUT2D eigenvalue weighted by Gasteiger charge is -2.48. The van der Waals surface area contributed by atoms with Gasteiger partial charge in [-0.1, -0.05) is 0 Å². The van der Waals surface area contributed by atoms with Crippen LogP contribution >= 0.6 is 11.3 Å². The Morgan fingerprint density at radius 1 is 1.12 bits per heavy atom. The number of hydrogen-bond acceptors (Lipinski definition) is 6. The Labute approximate surface area is 158 Å². The Hall–Kier alpha value is -2.02. The zero-order valence-corrected chi connectivity index (χ0v) is 16.3. The van der Waals surface area contributed by atoms with Crippen LogP contribution in [0.3, 0.4) is 0 Å². The van der Waals surface area contributed by atoms with Gasteiger partial charge < -0.3 is 9.80 Å². The second-order valence-electron chi connectivity index (χ2n) is 7.55. The van der Waals surface area contributed by atoms with Gasteiger partial charge in [-0.3, -0.25) is 4.79 Å². The summed E-state index contributed by atoms with van der Waals surface area (Å²) in [6.07, 6.45) is 8.12. The molecule has 0 bridgehead atoms. The first-order valence-corrected chi connectivity index (χ1v) is 10.1. The van der Waals surface area contributed by atoms with Gasteiger partial charge in [0, 0.05) is 44.0 Å². The summed E-state index contributed by atoms with van der Waals surface area (Å²) in [4.78, 5) is 31.5. The normalized spacial score (nSPS) is 23.5. The smallest absolute Gasteiger partial charge is 0.265 e. The van der Waals surface area contributed by atoms with Gasteiger partial charge in [0.1, 0.15) is 4.88 Å². The number of carbonyl (C=O) groups is 1. The molecule has 1 spiro atoms. The van der Waals surface area contributed by atoms with Crippen LogP contribution in [0.1, 0.15) is 46.1 Å². The molecule has 26 heavy (non-hydrogen) atoms. The van der Waals surface area contributed by atoms with Crippen molar-refractivity contribution in [3.8, 4) is 0 Å². The number of aromatic nitrogens is 3. The fourth-order valence-corrected chi connectivity index (χ4v) is 5.31. The van der Waals surface area contributed by atoms with Gasteiger partial charge >= 0.3 is 0 Å². The van der Waals surface area contributed by atoms with Gasteiger partial charge in [0.15, 0.2) is 0 Å². The third kappa shape index (κ3) is 3.32. The van der Waals surface area contributed by atoms with E-state index in [9.17, 15) is 4.79 Å². The largest absolute Gasteiger partial charge is 0.340 e. The summed E-state index contributed by atoms with van der Waals surface area (Å²) in [7, 11) is 0. The molecule has 0 radical (unpaired) electrons. The third-order valence-electron chi connectivity index (χ3n) is 5.54. The van der Waals surface area contributed by atoms with E-state index in [1.165, 1.54) is 24.2 Å². The Kier molecular flexibility index (Phi) is 4.65. The van der Waals surface area contributed by atoms with E-state index in [2.05, 4.69) is 24.8 Å². The minimum Gasteiger partial charge on any atom is -0.340 e. The first kappa shape index (κ1) is 17.4. The highest BCUT2D eigenvalue weighted by Crippen LogP contribution is 2.39. The van der Waals surface area contributed by atoms with Crippen molar-refractivity contribution in [3.05, 3.63) is 34.0 Å². The van der Waals surface area contributed by atoms with Crippen LogP contribution in [0.5, 0.6) is 0 Å². The standard InChI is InChI=1S/C19H25N5OS/c1-14-16(26-15(2)22-14)17(25)23-10-3-6-19(12-23)7-4-11-24(13-19)18-20-8-5-9-21-18/h5,8-9H,3-4,6-7,10-13H2,1-2H3. The maximum atomic E-state index is 13.1. The number of aryl methyl sites for hydroxylation is 2. The molecule has 2 aliphatic rings. The van der Waals surface area contributed by atoms with E-state index in [4.69, 9.17) is 0 Å². The molecule has 1 atom stereocenters. The molecule has 1 unspecified atom stereocenters. The average molecular weight is 372 g/mol. The van der Waals surface area contributed by atoms with Crippen molar-refractivity contribution in [2.45, 2.75) is 39.5 Å². The van der Waals surface area contributed by atoms with Crippen LogP contribution in [0.25, 0.3) is 0 Å². The maximum Gasteiger partial charge on any atom is 0.265 e. The second kappa shape index (κ2) is 6.95. The predicted molar refractivity (Wildman–Crippen MR) is 103 cm³/mol. The van der Waals surface area contributed by atoms with Crippen LogP contribution in [0.4, 0.5) is 5.95 Å². The van der Waals surface area contributed by atoms with Gasteiger partial charge in [0.2, 0.25) is 5.95 Å². The SMILES string of the molecule is Cc1nc(C)c(C(=O)N2CCCC3(CCCN(c4ncccn4)C3)C2)s1. The highest BCUT2D eigenvalue weighted by atomic mass is 32.1. The van der Waals surface area contributed by atoms with E-state index in [1.807, 2.05) is 19.9 Å². The molecule has 0 aromatic carbocycles. The lowest BCUT2D eigenvalue weighted by Crippen LogP contribution is -2.54. The van der Waals surface area contributed by atoms with Gasteiger partial charge in [0.25, 0.3) is 5.91 Å². The number of carbonyl (C=O) groups excluding carboxylic acids is 1. The summed E-state index contributed by atoms with van der Waals surface area (Å²) < 4.78 is 0. The van der Waals surface area contributed by atoms with Crippen molar-refractivity contribution >= 4 is 23.2 Å². The predicted octanol–water partition coefficient (Wildman–Crippen LogP) is 3.07. The summed E-state index contributed by atoms with van der Waals surface area (Å²) in [5, 5.41) is 0.961. The van der Waals surface area contributed by atoms with Crippen molar-refractivity contribution in [3.63, 3.8) is 0 Å². The molecule has 2 fully saturated rings. The van der Waals surface area contributed by atoms with Crippen molar-refractivity contribution < 1.29 is 4.79 Å². The van der Waals surface area contributed by atoms with Gasteiger partial charge in [-0.15, -0.1) is 11.3 Å². The molecule has 4 rings (SSSR count). The van der Waals surface area contributed by atoms with E-state index in [0.717, 1.165) is 60.5 Å². The van der Waals surface area contributed by atoms with Crippen molar-refractivity contribution in [1.29, 1.82) is 0 Å². The maximum absolute atomic E-state index is 13.1. The molecule has 138 valence electrons. The number of hydrogen-bond donors (Lipinski definition) is 0. The molecule has 2 aliphatic heterocycles. The molecule has 7 heteroatoms. The molecular formula is C19H25N5OS. The van der Waals surface area contributed by atoms with Crippen LogP contribution < -0.4 is 4.90 Å². The molecule has 0 aliphatic carbocycles. The van der Waals surface area contributed by atoms with E-state index in [-0.39, 0.29) is 11.3 Å². The minimum atomic E-state index is 0.152. The van der Waals surface area contributed by atoms with E-state index >= 15 is 0 Å². The number of rotatable bonds is 2. The summed E-state index contributed by atoms with van der Waals surface area (Å²) >= 11 is 1.52. The molecule has 1 amide bonds. The Balaban J connectivity index is 1.52. The summed E-state index contributed by atoms with van der Waals surface area (Å²) in [5.41, 5.74) is 1.01. The Morgan fingerprint density at radius 2 is 1.85 bits per heavy atom. The lowest BCUT2D eigenvalue weighted by molar-refractivity contribution is 0.0468. The monoisotopic (exact) mass is 371 g/mol. The van der Waals surface area contributed by atoms with Crippen LogP contribution in [-0.4, -0.2) is 51.9 Å². The fraction of sp³-hybridized carbons (Fsp3) is 0.579. The number of thiazole rings is 1. The van der Waals surface area contributed by atoms with Gasteiger partial charge in [-0.2, -0.15) is 0 Å². The summed E-state index contributed by atoms with van der Waals surface area (Å²) in [6.45, 7) is 7.50. The Bertz CT molecular complexity index is 788. The molecule has 0 N–H and O–H groups in total. The number of anilines is 1. The number of piperidine rings is 2. The lowest BCUT2D eigenvalue weighted by atomic mass is 9.73. The topological polar surface area (TPSA) is 62.2 Å². The highest BCUT2D eigenvalue weighted by molar-refractivity contribution is 7.13. The van der Waals surface area contributed by atoms with Crippen LogP contribution in [-0.2, 0) is 0 Å². The average Bonchev–Trinajstić information content (AvgIpc) is 3.00. The second-order valence-corrected chi connectivity index (χ2v) is 8.75. The van der Waals surface area contributed by atoms with E-state index in [0.29, 0.717) is 0 Å². The van der Waals surface area contributed by atoms with Gasteiger partial charge in [-0.25, -0.2) is 15.0 Å². The number of likely N-dealkylation sites (tertiary alicyclic amines) is 1. The summed E-state index contributed by atoms with van der Waals surface area (Å²) in [6, 6.07) is 1.85. The molecule has 6 nitrogen and oxygen atoms in total. The van der Waals surface area contributed by atoms with Crippen molar-refractivity contribution in [2.24, 2.45) is 5.41 Å². The van der Waals surface area contributed by atoms with Crippen LogP contribution in [0, 0.1) is 19.3 Å². The first-order chi connectivity index (χ1) is 12.6. The Morgan fingerprint density at radius 3 is 2.54 bits per heavy atom. The van der Waals surface area contributed by atoms with Crippen LogP contribution in [0.15, 0.2) is 18.5 Å². The van der Waals surface area contributed by atoms with Crippen molar-refractivity contribution in [2.75, 3.05) is 31.1 Å².